The van der Waals surface area contributed by atoms with Crippen molar-refractivity contribution in [1.82, 2.24) is 9.88 Å². The molecule has 4 rings (SSSR count). The van der Waals surface area contributed by atoms with Crippen molar-refractivity contribution in [3.05, 3.63) is 70.1 Å². The van der Waals surface area contributed by atoms with Crippen LogP contribution in [0, 0.1) is 6.92 Å². The number of pyridine rings is 1. The number of nitrogens with zero attached hydrogens (tertiary/aromatic N) is 1. The van der Waals surface area contributed by atoms with Crippen molar-refractivity contribution in [2.24, 2.45) is 7.05 Å². The number of aryl methyl sites for hydroxylation is 2. The topological polar surface area (TPSA) is 139 Å². The molecule has 0 bridgehead atoms. The van der Waals surface area contributed by atoms with E-state index in [2.05, 4.69) is 10.6 Å². The van der Waals surface area contributed by atoms with Crippen molar-refractivity contribution in [2.45, 2.75) is 19.4 Å². The molecule has 2 amide bonds. The second kappa shape index (κ2) is 9.18. The Morgan fingerprint density at radius 3 is 2.62 bits per heavy atom. The van der Waals surface area contributed by atoms with E-state index in [4.69, 9.17) is 9.47 Å². The molecular weight excluding hydrogens is 442 g/mol. The molecule has 176 valence electrons. The highest BCUT2D eigenvalue weighted by atomic mass is 16.7. The number of aromatic hydroxyl groups is 1. The molecule has 0 saturated carbocycles. The van der Waals surface area contributed by atoms with Crippen molar-refractivity contribution >= 4 is 17.7 Å². The Balaban J connectivity index is 1.59. The quantitative estimate of drug-likeness (QED) is 0.439. The van der Waals surface area contributed by atoms with Gasteiger partial charge in [0.15, 0.2) is 17.2 Å². The standard InChI is InChI=1S/C24H23N3O7/c1-13-11-27(2)23(31)21(22(13)30)26-24(32)25-17(10-20(28)29)16-5-3-4-14(8-16)15-6-7-18-19(9-15)34-12-33-18/h3-9,11,17,30H,10,12H2,1-2H3,(H,28,29)(H2,25,26,32)/t17-/m0/s1. The van der Waals surface area contributed by atoms with Crippen LogP contribution in [0.3, 0.4) is 0 Å². The summed E-state index contributed by atoms with van der Waals surface area (Å²) in [6.45, 7) is 1.74. The molecule has 1 aliphatic rings. The van der Waals surface area contributed by atoms with Crippen LogP contribution in [-0.2, 0) is 11.8 Å². The molecule has 1 atom stereocenters. The molecule has 10 nitrogen and oxygen atoms in total. The summed E-state index contributed by atoms with van der Waals surface area (Å²) >= 11 is 0. The number of carboxylic acid groups (broad SMARTS) is 1. The van der Waals surface area contributed by atoms with E-state index >= 15 is 0 Å². The zero-order valence-electron chi connectivity index (χ0n) is 18.5. The summed E-state index contributed by atoms with van der Waals surface area (Å²) < 4.78 is 12.0. The van der Waals surface area contributed by atoms with E-state index in [1.54, 1.807) is 31.2 Å². The Morgan fingerprint density at radius 1 is 1.12 bits per heavy atom. The number of ether oxygens (including phenoxy) is 2. The van der Waals surface area contributed by atoms with Gasteiger partial charge in [0.25, 0.3) is 5.56 Å². The number of anilines is 1. The summed E-state index contributed by atoms with van der Waals surface area (Å²) in [6, 6.07) is 10.8. The van der Waals surface area contributed by atoms with E-state index in [1.165, 1.54) is 17.8 Å². The lowest BCUT2D eigenvalue weighted by Crippen LogP contribution is -2.36. The Labute approximate surface area is 194 Å². The Kier molecular flexibility index (Phi) is 6.13. The number of nitrogens with one attached hydrogen (secondary N) is 2. The third-order valence-corrected chi connectivity index (χ3v) is 5.45. The van der Waals surface area contributed by atoms with Crippen LogP contribution in [0.2, 0.25) is 0 Å². The number of benzene rings is 2. The molecule has 0 spiro atoms. The van der Waals surface area contributed by atoms with Crippen molar-refractivity contribution in [1.29, 1.82) is 0 Å². The highest BCUT2D eigenvalue weighted by Crippen LogP contribution is 2.36. The number of carbonyl (C=O) groups is 2. The first-order chi connectivity index (χ1) is 16.2. The van der Waals surface area contributed by atoms with Crippen LogP contribution in [0.4, 0.5) is 10.5 Å². The summed E-state index contributed by atoms with van der Waals surface area (Å²) in [6.07, 6.45) is 1.05. The number of urea groups is 1. The van der Waals surface area contributed by atoms with Crippen LogP contribution >= 0.6 is 0 Å². The minimum atomic E-state index is -1.12. The number of amides is 2. The van der Waals surface area contributed by atoms with E-state index in [-0.39, 0.29) is 18.2 Å². The molecule has 1 aromatic heterocycles. The minimum Gasteiger partial charge on any atom is -0.505 e. The van der Waals surface area contributed by atoms with E-state index in [9.17, 15) is 24.6 Å². The van der Waals surface area contributed by atoms with Gasteiger partial charge in [-0.05, 0) is 41.8 Å². The number of carboxylic acids is 1. The SMILES string of the molecule is Cc1cn(C)c(=O)c(NC(=O)N[C@@H](CC(=O)O)c2cccc(-c3ccc4c(c3)OCO4)c2)c1O. The van der Waals surface area contributed by atoms with Gasteiger partial charge in [-0.3, -0.25) is 9.59 Å². The first-order valence-electron chi connectivity index (χ1n) is 10.4. The monoisotopic (exact) mass is 465 g/mol. The molecule has 34 heavy (non-hydrogen) atoms. The van der Waals surface area contributed by atoms with Gasteiger partial charge >= 0.3 is 12.0 Å². The van der Waals surface area contributed by atoms with Crippen molar-refractivity contribution < 1.29 is 29.3 Å². The number of aromatic nitrogens is 1. The summed E-state index contributed by atoms with van der Waals surface area (Å²) in [5.41, 5.74) is 1.68. The molecular formula is C24H23N3O7. The van der Waals surface area contributed by atoms with Crippen molar-refractivity contribution in [3.8, 4) is 28.4 Å². The Hall–Kier alpha value is -4.47. The lowest BCUT2D eigenvalue weighted by Gasteiger charge is -2.19. The van der Waals surface area contributed by atoms with E-state index < -0.39 is 30.0 Å². The second-order valence-electron chi connectivity index (χ2n) is 7.89. The lowest BCUT2D eigenvalue weighted by atomic mass is 9.97. The molecule has 3 aromatic rings. The maximum Gasteiger partial charge on any atom is 0.319 e. The van der Waals surface area contributed by atoms with Gasteiger partial charge in [-0.1, -0.05) is 24.3 Å². The van der Waals surface area contributed by atoms with Crippen LogP contribution in [0.1, 0.15) is 23.6 Å². The zero-order valence-corrected chi connectivity index (χ0v) is 18.5. The fraction of sp³-hybridized carbons (Fsp3) is 0.208. The predicted molar refractivity (Wildman–Crippen MR) is 123 cm³/mol. The Morgan fingerprint density at radius 2 is 1.85 bits per heavy atom. The van der Waals surface area contributed by atoms with Crippen LogP contribution in [0.15, 0.2) is 53.5 Å². The molecule has 0 unspecified atom stereocenters. The van der Waals surface area contributed by atoms with Crippen LogP contribution in [0.5, 0.6) is 17.2 Å². The second-order valence-corrected chi connectivity index (χ2v) is 7.89. The molecule has 0 fully saturated rings. The summed E-state index contributed by atoms with van der Waals surface area (Å²) in [5, 5.41) is 24.6. The summed E-state index contributed by atoms with van der Waals surface area (Å²) in [5.74, 6) is -0.208. The largest absolute Gasteiger partial charge is 0.505 e. The zero-order chi connectivity index (χ0) is 24.4. The fourth-order valence-electron chi connectivity index (χ4n) is 3.74. The molecule has 2 heterocycles. The minimum absolute atomic E-state index is 0.151. The Bertz CT molecular complexity index is 1330. The van der Waals surface area contributed by atoms with Crippen LogP contribution in [0.25, 0.3) is 11.1 Å². The number of carbonyl (C=O) groups excluding carboxylic acids is 1. The van der Waals surface area contributed by atoms with Crippen molar-refractivity contribution in [2.75, 3.05) is 12.1 Å². The number of rotatable bonds is 6. The third-order valence-electron chi connectivity index (χ3n) is 5.45. The first-order valence-corrected chi connectivity index (χ1v) is 10.4. The van der Waals surface area contributed by atoms with Gasteiger partial charge in [-0.25, -0.2) is 4.79 Å². The highest BCUT2D eigenvalue weighted by Gasteiger charge is 2.21. The predicted octanol–water partition coefficient (Wildman–Crippen LogP) is 3.13. The van der Waals surface area contributed by atoms with Gasteiger partial charge < -0.3 is 34.9 Å². The van der Waals surface area contributed by atoms with Gasteiger partial charge in [0.05, 0.1) is 12.5 Å². The van der Waals surface area contributed by atoms with E-state index in [1.807, 2.05) is 18.2 Å². The van der Waals surface area contributed by atoms with Gasteiger partial charge in [0, 0.05) is 18.8 Å². The fourth-order valence-corrected chi connectivity index (χ4v) is 3.74. The summed E-state index contributed by atoms with van der Waals surface area (Å²) in [4.78, 5) is 36.5. The number of aliphatic carboxylic acids is 1. The van der Waals surface area contributed by atoms with E-state index in [0.29, 0.717) is 22.6 Å². The first kappa shape index (κ1) is 22.7. The van der Waals surface area contributed by atoms with Crippen LogP contribution < -0.4 is 25.7 Å². The normalized spacial score (nSPS) is 12.8. The number of fused-ring (bicyclic) bond motifs is 1. The molecule has 4 N–H and O–H groups in total. The lowest BCUT2D eigenvalue weighted by molar-refractivity contribution is -0.137. The molecule has 0 radical (unpaired) electrons. The number of hydrogen-bond donors (Lipinski definition) is 4. The maximum atomic E-state index is 12.7. The van der Waals surface area contributed by atoms with Gasteiger partial charge in [0.1, 0.15) is 5.75 Å². The van der Waals surface area contributed by atoms with Crippen molar-refractivity contribution in [3.63, 3.8) is 0 Å². The highest BCUT2D eigenvalue weighted by molar-refractivity contribution is 5.91. The molecule has 0 saturated heterocycles. The average Bonchev–Trinajstić information content (AvgIpc) is 3.28. The van der Waals surface area contributed by atoms with Crippen LogP contribution in [-0.4, -0.2) is 33.6 Å². The molecule has 1 aliphatic heterocycles. The molecule has 0 aliphatic carbocycles. The van der Waals surface area contributed by atoms with E-state index in [0.717, 1.165) is 11.1 Å². The average molecular weight is 465 g/mol. The molecule has 10 heteroatoms. The summed E-state index contributed by atoms with van der Waals surface area (Å²) in [7, 11) is 1.49. The molecule has 2 aromatic carbocycles. The smallest absolute Gasteiger partial charge is 0.319 e. The maximum absolute atomic E-state index is 12.7. The van der Waals surface area contributed by atoms with Gasteiger partial charge in [0.2, 0.25) is 6.79 Å². The van der Waals surface area contributed by atoms with Gasteiger partial charge in [-0.15, -0.1) is 0 Å². The third kappa shape index (κ3) is 4.65. The van der Waals surface area contributed by atoms with Gasteiger partial charge in [-0.2, -0.15) is 0 Å². The number of hydrogen-bond acceptors (Lipinski definition) is 6.